The average Bonchev–Trinajstić information content (AvgIpc) is 3.04. The molecule has 0 fully saturated rings. The van der Waals surface area contributed by atoms with E-state index in [9.17, 15) is 4.79 Å². The summed E-state index contributed by atoms with van der Waals surface area (Å²) in [4.78, 5) is 19.8. The summed E-state index contributed by atoms with van der Waals surface area (Å²) in [6.45, 7) is 8.09. The Balaban J connectivity index is 1.91. The number of thioether (sulfide) groups is 1. The first-order valence-corrected chi connectivity index (χ1v) is 8.52. The number of anilines is 1. The molecule has 0 bridgehead atoms. The first kappa shape index (κ1) is 16.0. The minimum Gasteiger partial charge on any atom is -0.444 e. The van der Waals surface area contributed by atoms with Crippen LogP contribution in [-0.2, 0) is 16.0 Å². The Kier molecular flexibility index (Phi) is 5.05. The van der Waals surface area contributed by atoms with E-state index in [1.54, 1.807) is 24.2 Å². The number of rotatable bonds is 5. The van der Waals surface area contributed by atoms with Gasteiger partial charge in [-0.15, -0.1) is 11.8 Å². The molecule has 0 aliphatic heterocycles. The van der Waals surface area contributed by atoms with Crippen molar-refractivity contribution in [2.24, 2.45) is 0 Å². The molecular weight excluding hydrogens is 306 g/mol. The van der Waals surface area contributed by atoms with E-state index in [4.69, 9.17) is 4.42 Å². The number of aromatic nitrogens is 2. The molecule has 0 atom stereocenters. The van der Waals surface area contributed by atoms with Gasteiger partial charge in [0.25, 0.3) is 0 Å². The molecule has 0 aromatic carbocycles. The monoisotopic (exact) mass is 325 g/mol. The Morgan fingerprint density at radius 2 is 2.14 bits per heavy atom. The molecule has 0 radical (unpaired) electrons. The normalized spacial score (nSPS) is 11.6. The van der Waals surface area contributed by atoms with E-state index >= 15 is 0 Å². The van der Waals surface area contributed by atoms with E-state index in [2.05, 4.69) is 36.1 Å². The van der Waals surface area contributed by atoms with Gasteiger partial charge in [-0.3, -0.25) is 4.79 Å². The Hall–Kier alpha value is -1.34. The highest BCUT2D eigenvalue weighted by Crippen LogP contribution is 2.31. The van der Waals surface area contributed by atoms with Gasteiger partial charge >= 0.3 is 0 Å². The predicted molar refractivity (Wildman–Crippen MR) is 85.8 cm³/mol. The number of thiazole rings is 1. The Morgan fingerprint density at radius 1 is 1.38 bits per heavy atom. The highest BCUT2D eigenvalue weighted by Gasteiger charge is 2.19. The molecule has 5 nitrogen and oxygen atoms in total. The van der Waals surface area contributed by atoms with Crippen LogP contribution in [-0.4, -0.2) is 15.9 Å². The molecule has 114 valence electrons. The van der Waals surface area contributed by atoms with Gasteiger partial charge in [-0.05, 0) is 0 Å². The summed E-state index contributed by atoms with van der Waals surface area (Å²) in [5.74, 6) is 2.22. The van der Waals surface area contributed by atoms with E-state index in [-0.39, 0.29) is 11.3 Å². The van der Waals surface area contributed by atoms with Gasteiger partial charge in [0.2, 0.25) is 11.8 Å². The molecule has 2 rings (SSSR count). The second-order valence-electron chi connectivity index (χ2n) is 5.54. The molecule has 21 heavy (non-hydrogen) atoms. The van der Waals surface area contributed by atoms with E-state index in [0.717, 1.165) is 9.97 Å². The summed E-state index contributed by atoms with van der Waals surface area (Å²) in [6.07, 6.45) is 4.00. The molecule has 0 unspecified atom stereocenters. The first-order chi connectivity index (χ1) is 9.88. The van der Waals surface area contributed by atoms with Gasteiger partial charge in [0, 0.05) is 11.8 Å². The fourth-order valence-corrected chi connectivity index (χ4v) is 3.19. The minimum atomic E-state index is -0.0298. The molecule has 7 heteroatoms. The highest BCUT2D eigenvalue weighted by molar-refractivity contribution is 8.00. The van der Waals surface area contributed by atoms with Crippen LogP contribution in [0.1, 0.15) is 45.8 Å². The lowest BCUT2D eigenvalue weighted by Gasteiger charge is -2.12. The largest absolute Gasteiger partial charge is 0.444 e. The van der Waals surface area contributed by atoms with Crippen LogP contribution in [0.5, 0.6) is 0 Å². The quantitative estimate of drug-likeness (QED) is 0.839. The fraction of sp³-hybridized carbons (Fsp3) is 0.500. The lowest BCUT2D eigenvalue weighted by atomic mass is 9.94. The van der Waals surface area contributed by atoms with Crippen molar-refractivity contribution in [2.75, 3.05) is 5.32 Å². The summed E-state index contributed by atoms with van der Waals surface area (Å²) < 4.78 is 6.77. The predicted octanol–water partition coefficient (Wildman–Crippen LogP) is 4.07. The second kappa shape index (κ2) is 6.62. The number of nitrogens with zero attached hydrogens (tertiary/aromatic N) is 2. The van der Waals surface area contributed by atoms with Crippen LogP contribution in [0.4, 0.5) is 5.13 Å². The summed E-state index contributed by atoms with van der Waals surface area (Å²) in [5.41, 5.74) is -0.0298. The summed E-state index contributed by atoms with van der Waals surface area (Å²) in [5, 5.41) is 3.38. The molecule has 1 N–H and O–H groups in total. The van der Waals surface area contributed by atoms with Gasteiger partial charge in [-0.25, -0.2) is 9.97 Å². The summed E-state index contributed by atoms with van der Waals surface area (Å²) in [7, 11) is 0. The maximum absolute atomic E-state index is 11.3. The average molecular weight is 325 g/mol. The number of nitrogens with one attached hydrogen (secondary N) is 1. The molecule has 0 saturated carbocycles. The van der Waals surface area contributed by atoms with Gasteiger partial charge < -0.3 is 9.73 Å². The zero-order valence-electron chi connectivity index (χ0n) is 12.6. The zero-order valence-corrected chi connectivity index (χ0v) is 14.2. The fourth-order valence-electron chi connectivity index (χ4n) is 1.45. The van der Waals surface area contributed by atoms with Crippen LogP contribution in [0.15, 0.2) is 21.0 Å². The smallest absolute Gasteiger partial charge is 0.225 e. The third-order valence-electron chi connectivity index (χ3n) is 2.68. The molecular formula is C14H19N3O2S2. The van der Waals surface area contributed by atoms with Gasteiger partial charge in [0.05, 0.1) is 22.4 Å². The van der Waals surface area contributed by atoms with Gasteiger partial charge in [-0.2, -0.15) is 0 Å². The summed E-state index contributed by atoms with van der Waals surface area (Å²) in [6, 6.07) is 0. The van der Waals surface area contributed by atoms with Crippen molar-refractivity contribution in [2.45, 2.75) is 49.5 Å². The minimum absolute atomic E-state index is 0.0246. The number of hydrogen-bond donors (Lipinski definition) is 1. The van der Waals surface area contributed by atoms with Crippen LogP contribution < -0.4 is 5.32 Å². The highest BCUT2D eigenvalue weighted by atomic mass is 32.2. The number of carbonyl (C=O) groups is 1. The topological polar surface area (TPSA) is 68.0 Å². The van der Waals surface area contributed by atoms with Crippen molar-refractivity contribution in [3.8, 4) is 0 Å². The van der Waals surface area contributed by atoms with Crippen molar-refractivity contribution >= 4 is 34.1 Å². The third-order valence-corrected chi connectivity index (χ3v) is 4.77. The van der Waals surface area contributed by atoms with Crippen LogP contribution in [0.3, 0.4) is 0 Å². The maximum atomic E-state index is 11.3. The van der Waals surface area contributed by atoms with Crippen molar-refractivity contribution in [1.29, 1.82) is 0 Å². The Labute approximate surface area is 132 Å². The van der Waals surface area contributed by atoms with Crippen LogP contribution in [0.2, 0.25) is 0 Å². The van der Waals surface area contributed by atoms with Gasteiger partial charge in [0.15, 0.2) is 5.13 Å². The molecule has 2 aromatic heterocycles. The van der Waals surface area contributed by atoms with Crippen molar-refractivity contribution in [3.05, 3.63) is 24.0 Å². The van der Waals surface area contributed by atoms with E-state index in [1.165, 1.54) is 11.3 Å². The molecule has 2 heterocycles. The second-order valence-corrected chi connectivity index (χ2v) is 7.85. The maximum Gasteiger partial charge on any atom is 0.225 e. The molecule has 0 aliphatic carbocycles. The molecule has 2 aromatic rings. The van der Waals surface area contributed by atoms with Crippen molar-refractivity contribution < 1.29 is 9.21 Å². The number of carbonyl (C=O) groups excluding carboxylic acids is 1. The molecule has 0 aliphatic rings. The Morgan fingerprint density at radius 3 is 2.76 bits per heavy atom. The molecule has 0 spiro atoms. The standard InChI is InChI=1S/C14H19N3O2S2/c1-5-10(18)17-13-16-7-12(21-13)20-8-11-15-6-9(19-11)14(2,3)4/h6-7H,5,8H2,1-4H3,(H,16,17,18). The van der Waals surface area contributed by atoms with Gasteiger partial charge in [0.1, 0.15) is 5.76 Å². The van der Waals surface area contributed by atoms with Crippen LogP contribution in [0, 0.1) is 0 Å². The van der Waals surface area contributed by atoms with Crippen molar-refractivity contribution in [3.63, 3.8) is 0 Å². The molecule has 1 amide bonds. The number of oxazole rings is 1. The van der Waals surface area contributed by atoms with Gasteiger partial charge in [-0.1, -0.05) is 39.0 Å². The third kappa shape index (κ3) is 4.57. The van der Waals surface area contributed by atoms with E-state index in [0.29, 0.717) is 23.2 Å². The lowest BCUT2D eigenvalue weighted by molar-refractivity contribution is -0.115. The van der Waals surface area contributed by atoms with Crippen LogP contribution >= 0.6 is 23.1 Å². The SMILES string of the molecule is CCC(=O)Nc1ncc(SCc2ncc(C(C)(C)C)o2)s1. The van der Waals surface area contributed by atoms with Crippen molar-refractivity contribution in [1.82, 2.24) is 9.97 Å². The van der Waals surface area contributed by atoms with E-state index < -0.39 is 0 Å². The van der Waals surface area contributed by atoms with E-state index in [1.807, 2.05) is 6.92 Å². The number of amides is 1. The Bertz CT molecular complexity index is 614. The molecule has 0 saturated heterocycles. The van der Waals surface area contributed by atoms with Crippen LogP contribution in [0.25, 0.3) is 0 Å². The zero-order chi connectivity index (χ0) is 15.5. The summed E-state index contributed by atoms with van der Waals surface area (Å²) >= 11 is 3.06. The number of hydrogen-bond acceptors (Lipinski definition) is 6. The first-order valence-electron chi connectivity index (χ1n) is 6.72. The lowest BCUT2D eigenvalue weighted by Crippen LogP contribution is -2.09.